The number of ether oxygens (including phenoxy) is 1. The van der Waals surface area contributed by atoms with Gasteiger partial charge < -0.3 is 15.4 Å². The quantitative estimate of drug-likeness (QED) is 0.699. The van der Waals surface area contributed by atoms with E-state index in [0.29, 0.717) is 6.61 Å². The van der Waals surface area contributed by atoms with Crippen molar-refractivity contribution in [2.24, 2.45) is 17.6 Å². The normalized spacial score (nSPS) is 29.6. The van der Waals surface area contributed by atoms with Crippen LogP contribution in [0.1, 0.15) is 58.8 Å². The molecule has 0 heterocycles. The molecule has 0 aliphatic heterocycles. The smallest absolute Gasteiger partial charge is 0.326 e. The standard InChI is InChI=1S/C17H32N2O2/c1-3-19(13-14-7-5-8-14)12-10-15-9-6-11-17(15,18)16(20)21-4-2/h14-15H,3-13,18H2,1-2H3. The third kappa shape index (κ3) is 3.98. The van der Waals surface area contributed by atoms with Crippen LogP contribution in [0, 0.1) is 11.8 Å². The largest absolute Gasteiger partial charge is 0.465 e. The van der Waals surface area contributed by atoms with Crippen molar-refractivity contribution in [1.29, 1.82) is 0 Å². The van der Waals surface area contributed by atoms with Crippen molar-refractivity contribution >= 4 is 5.97 Å². The van der Waals surface area contributed by atoms with Gasteiger partial charge in [-0.1, -0.05) is 19.8 Å². The molecule has 122 valence electrons. The Kier molecular flexibility index (Phi) is 6.06. The predicted octanol–water partition coefficient (Wildman–Crippen LogP) is 2.56. The first-order valence-corrected chi connectivity index (χ1v) is 8.78. The van der Waals surface area contributed by atoms with Gasteiger partial charge in [-0.2, -0.15) is 0 Å². The van der Waals surface area contributed by atoms with Crippen LogP contribution >= 0.6 is 0 Å². The lowest BCUT2D eigenvalue weighted by molar-refractivity contribution is -0.151. The molecule has 21 heavy (non-hydrogen) atoms. The van der Waals surface area contributed by atoms with Gasteiger partial charge in [0.1, 0.15) is 5.54 Å². The van der Waals surface area contributed by atoms with Gasteiger partial charge in [-0.05, 0) is 64.0 Å². The topological polar surface area (TPSA) is 55.6 Å². The molecule has 2 aliphatic rings. The fourth-order valence-corrected chi connectivity index (χ4v) is 3.80. The monoisotopic (exact) mass is 296 g/mol. The van der Waals surface area contributed by atoms with Gasteiger partial charge in [0, 0.05) is 6.54 Å². The van der Waals surface area contributed by atoms with Crippen LogP contribution in [-0.2, 0) is 9.53 Å². The number of carbonyl (C=O) groups excluding carboxylic acids is 1. The number of esters is 1. The van der Waals surface area contributed by atoms with E-state index in [-0.39, 0.29) is 11.9 Å². The zero-order valence-electron chi connectivity index (χ0n) is 13.8. The zero-order chi connectivity index (χ0) is 15.3. The van der Waals surface area contributed by atoms with Crippen LogP contribution in [0.4, 0.5) is 0 Å². The third-order valence-corrected chi connectivity index (χ3v) is 5.51. The van der Waals surface area contributed by atoms with E-state index in [1.54, 1.807) is 0 Å². The van der Waals surface area contributed by atoms with Gasteiger partial charge in [-0.3, -0.25) is 4.79 Å². The fraction of sp³-hybridized carbons (Fsp3) is 0.941. The van der Waals surface area contributed by atoms with E-state index < -0.39 is 5.54 Å². The number of nitrogens with zero attached hydrogens (tertiary/aromatic N) is 1. The lowest BCUT2D eigenvalue weighted by Gasteiger charge is -2.34. The average Bonchev–Trinajstić information content (AvgIpc) is 2.80. The summed E-state index contributed by atoms with van der Waals surface area (Å²) in [5, 5.41) is 0. The number of rotatable bonds is 8. The van der Waals surface area contributed by atoms with Crippen LogP contribution < -0.4 is 5.73 Å². The molecular formula is C17H32N2O2. The first kappa shape index (κ1) is 16.8. The maximum atomic E-state index is 12.2. The Hall–Kier alpha value is -0.610. The van der Waals surface area contributed by atoms with Crippen LogP contribution in [0.25, 0.3) is 0 Å². The summed E-state index contributed by atoms with van der Waals surface area (Å²) in [4.78, 5) is 14.7. The van der Waals surface area contributed by atoms with Gasteiger partial charge >= 0.3 is 5.97 Å². The Bertz CT molecular complexity index is 344. The summed E-state index contributed by atoms with van der Waals surface area (Å²) >= 11 is 0. The Morgan fingerprint density at radius 2 is 2.05 bits per heavy atom. The Labute approximate surface area is 129 Å². The minimum Gasteiger partial charge on any atom is -0.465 e. The molecule has 0 saturated heterocycles. The van der Waals surface area contributed by atoms with Gasteiger partial charge in [-0.25, -0.2) is 0 Å². The summed E-state index contributed by atoms with van der Waals surface area (Å²) in [6.45, 7) is 7.89. The van der Waals surface area contributed by atoms with E-state index in [1.807, 2.05) is 6.92 Å². The minimum atomic E-state index is -0.730. The summed E-state index contributed by atoms with van der Waals surface area (Å²) in [6, 6.07) is 0. The molecule has 0 aromatic carbocycles. The summed E-state index contributed by atoms with van der Waals surface area (Å²) < 4.78 is 5.21. The second-order valence-corrected chi connectivity index (χ2v) is 6.83. The van der Waals surface area contributed by atoms with Gasteiger partial charge in [0.25, 0.3) is 0 Å². The van der Waals surface area contributed by atoms with E-state index >= 15 is 0 Å². The van der Waals surface area contributed by atoms with Crippen molar-refractivity contribution in [2.75, 3.05) is 26.2 Å². The van der Waals surface area contributed by atoms with E-state index in [2.05, 4.69) is 11.8 Å². The molecule has 0 radical (unpaired) electrons. The first-order valence-electron chi connectivity index (χ1n) is 8.78. The maximum absolute atomic E-state index is 12.2. The number of carbonyl (C=O) groups is 1. The van der Waals surface area contributed by atoms with Crippen molar-refractivity contribution in [3.8, 4) is 0 Å². The van der Waals surface area contributed by atoms with Crippen LogP contribution in [0.15, 0.2) is 0 Å². The highest BCUT2D eigenvalue weighted by molar-refractivity contribution is 5.81. The van der Waals surface area contributed by atoms with Crippen LogP contribution in [0.5, 0.6) is 0 Å². The van der Waals surface area contributed by atoms with Gasteiger partial charge in [-0.15, -0.1) is 0 Å². The molecule has 2 N–H and O–H groups in total. The van der Waals surface area contributed by atoms with E-state index in [9.17, 15) is 4.79 Å². The molecule has 2 fully saturated rings. The second kappa shape index (κ2) is 7.59. The molecule has 0 aromatic heterocycles. The fourth-order valence-electron chi connectivity index (χ4n) is 3.80. The van der Waals surface area contributed by atoms with Crippen molar-refractivity contribution in [2.45, 2.75) is 64.3 Å². The average molecular weight is 296 g/mol. The van der Waals surface area contributed by atoms with E-state index in [0.717, 1.165) is 44.7 Å². The van der Waals surface area contributed by atoms with Gasteiger partial charge in [0.15, 0.2) is 0 Å². The second-order valence-electron chi connectivity index (χ2n) is 6.83. The van der Waals surface area contributed by atoms with Crippen molar-refractivity contribution in [3.05, 3.63) is 0 Å². The molecule has 2 atom stereocenters. The highest BCUT2D eigenvalue weighted by Gasteiger charge is 2.46. The summed E-state index contributed by atoms with van der Waals surface area (Å²) in [6.07, 6.45) is 8.11. The van der Waals surface area contributed by atoms with Crippen LogP contribution in [0.3, 0.4) is 0 Å². The SMILES string of the molecule is CCOC(=O)C1(N)CCCC1CCN(CC)CC1CCC1. The lowest BCUT2D eigenvalue weighted by atomic mass is 9.84. The van der Waals surface area contributed by atoms with E-state index in [4.69, 9.17) is 10.5 Å². The van der Waals surface area contributed by atoms with Crippen LogP contribution in [0.2, 0.25) is 0 Å². The zero-order valence-corrected chi connectivity index (χ0v) is 13.8. The lowest BCUT2D eigenvalue weighted by Crippen LogP contribution is -2.52. The molecule has 2 unspecified atom stereocenters. The summed E-state index contributed by atoms with van der Waals surface area (Å²) in [7, 11) is 0. The third-order valence-electron chi connectivity index (χ3n) is 5.51. The molecule has 0 spiro atoms. The minimum absolute atomic E-state index is 0.186. The van der Waals surface area contributed by atoms with E-state index in [1.165, 1.54) is 25.8 Å². The predicted molar refractivity (Wildman–Crippen MR) is 85.0 cm³/mol. The maximum Gasteiger partial charge on any atom is 0.326 e. The summed E-state index contributed by atoms with van der Waals surface area (Å²) in [5.41, 5.74) is 5.68. The highest BCUT2D eigenvalue weighted by atomic mass is 16.5. The number of hydrogen-bond acceptors (Lipinski definition) is 4. The molecule has 4 heteroatoms. The van der Waals surface area contributed by atoms with Crippen LogP contribution in [-0.4, -0.2) is 42.6 Å². The number of hydrogen-bond donors (Lipinski definition) is 1. The Morgan fingerprint density at radius 1 is 1.29 bits per heavy atom. The molecule has 0 amide bonds. The van der Waals surface area contributed by atoms with Gasteiger partial charge in [0.05, 0.1) is 6.61 Å². The molecule has 4 nitrogen and oxygen atoms in total. The Balaban J connectivity index is 1.83. The molecule has 2 saturated carbocycles. The first-order chi connectivity index (χ1) is 10.1. The summed E-state index contributed by atoms with van der Waals surface area (Å²) in [5.74, 6) is 1.00. The highest BCUT2D eigenvalue weighted by Crippen LogP contribution is 2.37. The molecule has 2 rings (SSSR count). The van der Waals surface area contributed by atoms with Gasteiger partial charge in [0.2, 0.25) is 0 Å². The molecule has 2 aliphatic carbocycles. The molecule has 0 bridgehead atoms. The number of nitrogens with two attached hydrogens (primary N) is 1. The molecule has 0 aromatic rings. The van der Waals surface area contributed by atoms with Crippen molar-refractivity contribution in [1.82, 2.24) is 4.90 Å². The van der Waals surface area contributed by atoms with Crippen molar-refractivity contribution in [3.63, 3.8) is 0 Å². The van der Waals surface area contributed by atoms with Crippen molar-refractivity contribution < 1.29 is 9.53 Å². The molecular weight excluding hydrogens is 264 g/mol. The Morgan fingerprint density at radius 3 is 2.62 bits per heavy atom.